The predicted molar refractivity (Wildman–Crippen MR) is 139 cm³/mol. The second-order valence-electron chi connectivity index (χ2n) is 10.4. The number of carbonyl (C=O) groups excluding carboxylic acids is 1. The molecule has 1 amide bonds. The van der Waals surface area contributed by atoms with E-state index in [2.05, 4.69) is 17.1 Å². The lowest BCUT2D eigenvalue weighted by Gasteiger charge is -2.33. The number of carbonyl (C=O) groups is 1. The van der Waals surface area contributed by atoms with Gasteiger partial charge in [0.05, 0.1) is 12.1 Å². The van der Waals surface area contributed by atoms with Gasteiger partial charge in [-0.2, -0.15) is 11.8 Å². The molecular weight excluding hydrogens is 420 g/mol. The minimum atomic E-state index is -0.531. The van der Waals surface area contributed by atoms with Crippen LogP contribution < -0.4 is 5.32 Å². The summed E-state index contributed by atoms with van der Waals surface area (Å²) in [6, 6.07) is -0.277. The third-order valence-corrected chi connectivity index (χ3v) is 7.02. The first kappa shape index (κ1) is 29.6. The molecule has 1 aliphatic heterocycles. The summed E-state index contributed by atoms with van der Waals surface area (Å²) in [5.74, 6) is 2.24. The molecule has 0 aromatic carbocycles. The van der Waals surface area contributed by atoms with Gasteiger partial charge >= 0.3 is 6.09 Å². The lowest BCUT2D eigenvalue weighted by molar-refractivity contribution is 0.0369. The third kappa shape index (κ3) is 16.2. The maximum atomic E-state index is 12.3. The van der Waals surface area contributed by atoms with E-state index in [1.807, 2.05) is 32.5 Å². The van der Waals surface area contributed by atoms with Crippen molar-refractivity contribution in [2.45, 2.75) is 129 Å². The minimum Gasteiger partial charge on any atom is -0.444 e. The number of nitrogens with one attached hydrogen (secondary N) is 1. The van der Waals surface area contributed by atoms with Gasteiger partial charge in [-0.3, -0.25) is 4.90 Å². The maximum absolute atomic E-state index is 12.3. The molecule has 5 nitrogen and oxygen atoms in total. The lowest BCUT2D eigenvalue weighted by atomic mass is 10.0. The Kier molecular flexibility index (Phi) is 16.6. The Morgan fingerprint density at radius 1 is 0.938 bits per heavy atom. The molecule has 0 bridgehead atoms. The summed E-state index contributed by atoms with van der Waals surface area (Å²) in [6.45, 7) is 10.6. The molecule has 0 aromatic heterocycles. The number of unbranched alkanes of at least 4 members (excludes halogenated alkanes) is 11. The van der Waals surface area contributed by atoms with E-state index >= 15 is 0 Å². The molecule has 0 saturated carbocycles. The second kappa shape index (κ2) is 17.9. The number of nitrogens with zero attached hydrogens (tertiary/aromatic N) is 1. The van der Waals surface area contributed by atoms with Crippen LogP contribution in [-0.2, 0) is 4.74 Å². The van der Waals surface area contributed by atoms with E-state index in [0.717, 1.165) is 43.9 Å². The molecule has 2 N–H and O–H groups in total. The Balaban J connectivity index is 2.24. The highest BCUT2D eigenvalue weighted by atomic mass is 32.2. The molecule has 2 atom stereocenters. The summed E-state index contributed by atoms with van der Waals surface area (Å²) < 4.78 is 5.44. The first-order chi connectivity index (χ1) is 15.3. The average molecular weight is 473 g/mol. The maximum Gasteiger partial charge on any atom is 0.408 e. The third-order valence-electron chi connectivity index (χ3n) is 6.08. The largest absolute Gasteiger partial charge is 0.444 e. The Morgan fingerprint density at radius 3 is 1.94 bits per heavy atom. The number of thioether (sulfide) groups is 1. The molecule has 0 aromatic rings. The first-order valence-electron chi connectivity index (χ1n) is 13.3. The molecule has 0 radical (unpaired) electrons. The molecular formula is C26H52N2O3S. The van der Waals surface area contributed by atoms with Crippen molar-refractivity contribution in [3.63, 3.8) is 0 Å². The smallest absolute Gasteiger partial charge is 0.408 e. The highest BCUT2D eigenvalue weighted by molar-refractivity contribution is 7.99. The van der Waals surface area contributed by atoms with Crippen LogP contribution in [0.1, 0.15) is 111 Å². The topological polar surface area (TPSA) is 61.8 Å². The fraction of sp³-hybridized carbons (Fsp3) is 0.962. The van der Waals surface area contributed by atoms with Crippen LogP contribution in [0, 0.1) is 0 Å². The summed E-state index contributed by atoms with van der Waals surface area (Å²) in [7, 11) is 0. The predicted octanol–water partition coefficient (Wildman–Crippen LogP) is 6.38. The number of aliphatic hydroxyl groups is 1. The van der Waals surface area contributed by atoms with Crippen molar-refractivity contribution < 1.29 is 14.6 Å². The molecule has 0 spiro atoms. The monoisotopic (exact) mass is 472 g/mol. The van der Waals surface area contributed by atoms with Gasteiger partial charge in [-0.15, -0.1) is 0 Å². The SMILES string of the molecule is CCCCCCCCCCCCCC[C@H](O)[C@H](CN1CCSCC1)NC(=O)OC(C)(C)C. The van der Waals surface area contributed by atoms with Gasteiger partial charge in [0.25, 0.3) is 0 Å². The van der Waals surface area contributed by atoms with Crippen molar-refractivity contribution in [3.8, 4) is 0 Å². The van der Waals surface area contributed by atoms with E-state index in [1.165, 1.54) is 64.2 Å². The van der Waals surface area contributed by atoms with Gasteiger partial charge < -0.3 is 15.2 Å². The van der Waals surface area contributed by atoms with E-state index in [-0.39, 0.29) is 6.04 Å². The molecule has 1 fully saturated rings. The molecule has 1 rings (SSSR count). The van der Waals surface area contributed by atoms with Crippen LogP contribution in [0.15, 0.2) is 0 Å². The Labute approximate surface area is 202 Å². The highest BCUT2D eigenvalue weighted by Crippen LogP contribution is 2.16. The summed E-state index contributed by atoms with van der Waals surface area (Å²) in [5.41, 5.74) is -0.531. The number of alkyl carbamates (subject to hydrolysis) is 1. The van der Waals surface area contributed by atoms with Gasteiger partial charge in [0.15, 0.2) is 0 Å². The van der Waals surface area contributed by atoms with Crippen LogP contribution in [0.25, 0.3) is 0 Å². The van der Waals surface area contributed by atoms with Crippen LogP contribution in [0.5, 0.6) is 0 Å². The molecule has 1 saturated heterocycles. The van der Waals surface area contributed by atoms with Gasteiger partial charge in [0, 0.05) is 31.1 Å². The van der Waals surface area contributed by atoms with E-state index in [4.69, 9.17) is 4.74 Å². The zero-order valence-electron chi connectivity index (χ0n) is 21.5. The van der Waals surface area contributed by atoms with Crippen LogP contribution >= 0.6 is 11.8 Å². The lowest BCUT2D eigenvalue weighted by Crippen LogP contribution is -2.52. The highest BCUT2D eigenvalue weighted by Gasteiger charge is 2.27. The molecule has 1 aliphatic rings. The van der Waals surface area contributed by atoms with Gasteiger partial charge in [-0.25, -0.2) is 4.79 Å². The van der Waals surface area contributed by atoms with Crippen LogP contribution in [0.2, 0.25) is 0 Å². The quantitative estimate of drug-likeness (QED) is 0.240. The number of ether oxygens (including phenoxy) is 1. The fourth-order valence-electron chi connectivity index (χ4n) is 4.18. The Hall–Kier alpha value is -0.460. The van der Waals surface area contributed by atoms with E-state index in [1.54, 1.807) is 0 Å². The summed E-state index contributed by atoms with van der Waals surface area (Å²) >= 11 is 1.97. The van der Waals surface area contributed by atoms with Crippen molar-refractivity contribution in [2.24, 2.45) is 0 Å². The first-order valence-corrected chi connectivity index (χ1v) is 14.4. The zero-order chi connectivity index (χ0) is 23.7. The standard InChI is InChI=1S/C26H52N2O3S/c1-5-6-7-8-9-10-11-12-13-14-15-16-17-24(29)23(22-28-18-20-32-21-19-28)27-25(30)31-26(2,3)4/h23-24,29H,5-22H2,1-4H3,(H,27,30)/t23-,24-/m0/s1. The normalized spacial score (nSPS) is 17.2. The summed E-state index contributed by atoms with van der Waals surface area (Å²) in [6.07, 6.45) is 15.5. The van der Waals surface area contributed by atoms with Crippen LogP contribution in [0.4, 0.5) is 4.79 Å². The van der Waals surface area contributed by atoms with Gasteiger partial charge in [-0.1, -0.05) is 84.0 Å². The van der Waals surface area contributed by atoms with Crippen molar-refractivity contribution in [2.75, 3.05) is 31.1 Å². The second-order valence-corrected chi connectivity index (χ2v) is 11.6. The zero-order valence-corrected chi connectivity index (χ0v) is 22.3. The average Bonchev–Trinajstić information content (AvgIpc) is 2.73. The molecule has 6 heteroatoms. The molecule has 190 valence electrons. The summed E-state index contributed by atoms with van der Waals surface area (Å²) in [4.78, 5) is 14.7. The molecule has 0 unspecified atom stereocenters. The van der Waals surface area contributed by atoms with Crippen molar-refractivity contribution in [1.82, 2.24) is 10.2 Å². The number of amides is 1. The summed E-state index contributed by atoms with van der Waals surface area (Å²) in [5, 5.41) is 13.8. The van der Waals surface area contributed by atoms with Crippen LogP contribution in [-0.4, -0.2) is 65.0 Å². The number of aliphatic hydroxyl groups excluding tert-OH is 1. The number of hydrogen-bond donors (Lipinski definition) is 2. The Bertz CT molecular complexity index is 464. The molecule has 0 aliphatic carbocycles. The van der Waals surface area contributed by atoms with E-state index in [9.17, 15) is 9.90 Å². The van der Waals surface area contributed by atoms with Crippen molar-refractivity contribution >= 4 is 17.9 Å². The van der Waals surface area contributed by atoms with E-state index in [0.29, 0.717) is 6.54 Å². The van der Waals surface area contributed by atoms with Crippen molar-refractivity contribution in [3.05, 3.63) is 0 Å². The van der Waals surface area contributed by atoms with Gasteiger partial charge in [0.2, 0.25) is 0 Å². The molecule has 1 heterocycles. The Morgan fingerprint density at radius 2 is 1.44 bits per heavy atom. The van der Waals surface area contributed by atoms with Crippen LogP contribution in [0.3, 0.4) is 0 Å². The number of rotatable bonds is 17. The minimum absolute atomic E-state index is 0.277. The van der Waals surface area contributed by atoms with Crippen molar-refractivity contribution in [1.29, 1.82) is 0 Å². The van der Waals surface area contributed by atoms with Gasteiger partial charge in [0.1, 0.15) is 5.60 Å². The van der Waals surface area contributed by atoms with Gasteiger partial charge in [-0.05, 0) is 27.2 Å². The number of hydrogen-bond acceptors (Lipinski definition) is 5. The van der Waals surface area contributed by atoms with E-state index < -0.39 is 17.8 Å². The molecule has 32 heavy (non-hydrogen) atoms. The fourth-order valence-corrected chi connectivity index (χ4v) is 5.16.